The first-order chi connectivity index (χ1) is 5.69. The van der Waals surface area contributed by atoms with Gasteiger partial charge in [0, 0.05) is 11.3 Å². The van der Waals surface area contributed by atoms with E-state index in [1.807, 2.05) is 26.8 Å². The summed E-state index contributed by atoms with van der Waals surface area (Å²) in [4.78, 5) is 15.0. The molecule has 2 nitrogen and oxygen atoms in total. The molecule has 0 amide bonds. The zero-order chi connectivity index (χ0) is 9.14. The van der Waals surface area contributed by atoms with Gasteiger partial charge in [-0.05, 0) is 31.9 Å². The molecule has 0 atom stereocenters. The summed E-state index contributed by atoms with van der Waals surface area (Å²) in [6.07, 6.45) is 1.71. The molecule has 0 unspecified atom stereocenters. The fourth-order valence-corrected chi connectivity index (χ4v) is 1.35. The Bertz CT molecular complexity index is 305. The van der Waals surface area contributed by atoms with Crippen LogP contribution in [-0.2, 0) is 6.42 Å². The van der Waals surface area contributed by atoms with E-state index in [0.29, 0.717) is 0 Å². The second-order valence-corrected chi connectivity index (χ2v) is 2.91. The molecule has 1 aromatic rings. The molecular weight excluding hydrogens is 150 g/mol. The van der Waals surface area contributed by atoms with Crippen molar-refractivity contribution in [3.05, 3.63) is 28.6 Å². The number of aryl methyl sites for hydroxylation is 3. The van der Waals surface area contributed by atoms with E-state index in [2.05, 4.69) is 4.98 Å². The van der Waals surface area contributed by atoms with E-state index in [4.69, 9.17) is 0 Å². The van der Waals surface area contributed by atoms with Gasteiger partial charge in [0.1, 0.15) is 0 Å². The Morgan fingerprint density at radius 1 is 1.50 bits per heavy atom. The molecule has 1 aromatic heterocycles. The second kappa shape index (κ2) is 3.48. The van der Waals surface area contributed by atoms with Crippen molar-refractivity contribution in [2.75, 3.05) is 0 Å². The topological polar surface area (TPSA) is 30.0 Å². The molecule has 64 valence electrons. The van der Waals surface area contributed by atoms with Gasteiger partial charge in [0.15, 0.2) is 6.29 Å². The van der Waals surface area contributed by atoms with Gasteiger partial charge in [0.25, 0.3) is 0 Å². The number of carbonyl (C=O) groups is 1. The zero-order valence-electron chi connectivity index (χ0n) is 7.72. The Labute approximate surface area is 72.6 Å². The summed E-state index contributed by atoms with van der Waals surface area (Å²) >= 11 is 0. The minimum Gasteiger partial charge on any atom is -0.298 e. The van der Waals surface area contributed by atoms with Crippen LogP contribution in [0.1, 0.15) is 34.2 Å². The molecule has 0 aliphatic carbocycles. The highest BCUT2D eigenvalue weighted by Crippen LogP contribution is 2.11. The summed E-state index contributed by atoms with van der Waals surface area (Å²) in [5.41, 5.74) is 3.66. The van der Waals surface area contributed by atoms with E-state index in [0.717, 1.165) is 35.2 Å². The lowest BCUT2D eigenvalue weighted by Gasteiger charge is -2.05. The lowest BCUT2D eigenvalue weighted by Crippen LogP contribution is -2.00. The Morgan fingerprint density at radius 3 is 2.67 bits per heavy atom. The number of pyridine rings is 1. The normalized spacial score (nSPS) is 9.92. The predicted octanol–water partition coefficient (Wildman–Crippen LogP) is 2.07. The van der Waals surface area contributed by atoms with Gasteiger partial charge in [0.05, 0.1) is 5.69 Å². The number of hydrogen-bond acceptors (Lipinski definition) is 2. The smallest absolute Gasteiger partial charge is 0.152 e. The molecule has 0 spiro atoms. The maximum absolute atomic E-state index is 10.7. The fourth-order valence-electron chi connectivity index (χ4n) is 1.35. The maximum atomic E-state index is 10.7. The van der Waals surface area contributed by atoms with Crippen LogP contribution in [0.4, 0.5) is 0 Å². The van der Waals surface area contributed by atoms with Gasteiger partial charge in [-0.3, -0.25) is 9.78 Å². The lowest BCUT2D eigenvalue weighted by atomic mass is 10.1. The largest absolute Gasteiger partial charge is 0.298 e. The SMILES string of the molecule is CCc1nc(C)cc(C)c1C=O. The third kappa shape index (κ3) is 1.52. The molecule has 0 saturated heterocycles. The molecule has 0 saturated carbocycles. The quantitative estimate of drug-likeness (QED) is 0.625. The first-order valence-corrected chi connectivity index (χ1v) is 4.11. The molecule has 0 aliphatic heterocycles. The number of nitrogens with zero attached hydrogens (tertiary/aromatic N) is 1. The number of carbonyl (C=O) groups excluding carboxylic acids is 1. The first kappa shape index (κ1) is 8.91. The minimum atomic E-state index is 0.753. The second-order valence-electron chi connectivity index (χ2n) is 2.91. The highest BCUT2D eigenvalue weighted by atomic mass is 16.1. The maximum Gasteiger partial charge on any atom is 0.152 e. The summed E-state index contributed by atoms with van der Waals surface area (Å²) in [6.45, 7) is 5.90. The van der Waals surface area contributed by atoms with Gasteiger partial charge in [-0.25, -0.2) is 0 Å². The number of aldehydes is 1. The van der Waals surface area contributed by atoms with Crippen LogP contribution in [0.2, 0.25) is 0 Å². The van der Waals surface area contributed by atoms with Gasteiger partial charge in [-0.15, -0.1) is 0 Å². The Balaban J connectivity index is 3.33. The summed E-state index contributed by atoms with van der Waals surface area (Å²) in [6, 6.07) is 1.93. The first-order valence-electron chi connectivity index (χ1n) is 4.11. The highest BCUT2D eigenvalue weighted by Gasteiger charge is 2.04. The van der Waals surface area contributed by atoms with Crippen LogP contribution < -0.4 is 0 Å². The summed E-state index contributed by atoms with van der Waals surface area (Å²) in [5.74, 6) is 0. The molecule has 1 rings (SSSR count). The van der Waals surface area contributed by atoms with Crippen LogP contribution in [0.3, 0.4) is 0 Å². The molecule has 2 heteroatoms. The van der Waals surface area contributed by atoms with Crippen molar-refractivity contribution in [3.8, 4) is 0 Å². The standard InChI is InChI=1S/C10H13NO/c1-4-10-9(6-12)7(2)5-8(3)11-10/h5-6H,4H2,1-3H3. The summed E-state index contributed by atoms with van der Waals surface area (Å²) < 4.78 is 0. The van der Waals surface area contributed by atoms with E-state index in [1.165, 1.54) is 0 Å². The van der Waals surface area contributed by atoms with Crippen LogP contribution in [-0.4, -0.2) is 11.3 Å². The molecular formula is C10H13NO. The monoisotopic (exact) mass is 163 g/mol. The molecule has 0 aromatic carbocycles. The van der Waals surface area contributed by atoms with Crippen LogP contribution in [0, 0.1) is 13.8 Å². The molecule has 0 fully saturated rings. The molecule has 0 bridgehead atoms. The third-order valence-electron chi connectivity index (χ3n) is 1.93. The van der Waals surface area contributed by atoms with Crippen molar-refractivity contribution in [3.63, 3.8) is 0 Å². The van der Waals surface area contributed by atoms with Crippen molar-refractivity contribution in [2.45, 2.75) is 27.2 Å². The van der Waals surface area contributed by atoms with Crippen molar-refractivity contribution < 1.29 is 4.79 Å². The van der Waals surface area contributed by atoms with Gasteiger partial charge in [-0.1, -0.05) is 6.92 Å². The average Bonchev–Trinajstić information content (AvgIpc) is 2.03. The van der Waals surface area contributed by atoms with E-state index in [1.54, 1.807) is 0 Å². The lowest BCUT2D eigenvalue weighted by molar-refractivity contribution is 0.112. The van der Waals surface area contributed by atoms with E-state index in [9.17, 15) is 4.79 Å². The molecule has 1 heterocycles. The average molecular weight is 163 g/mol. The Hall–Kier alpha value is -1.18. The summed E-state index contributed by atoms with van der Waals surface area (Å²) in [7, 11) is 0. The van der Waals surface area contributed by atoms with Gasteiger partial charge in [-0.2, -0.15) is 0 Å². The van der Waals surface area contributed by atoms with E-state index in [-0.39, 0.29) is 0 Å². The van der Waals surface area contributed by atoms with E-state index >= 15 is 0 Å². The number of aromatic nitrogens is 1. The highest BCUT2D eigenvalue weighted by molar-refractivity contribution is 5.78. The van der Waals surface area contributed by atoms with Gasteiger partial charge in [0.2, 0.25) is 0 Å². The van der Waals surface area contributed by atoms with Crippen molar-refractivity contribution in [1.29, 1.82) is 0 Å². The van der Waals surface area contributed by atoms with Crippen molar-refractivity contribution in [2.24, 2.45) is 0 Å². The van der Waals surface area contributed by atoms with Crippen molar-refractivity contribution >= 4 is 6.29 Å². The Morgan fingerprint density at radius 2 is 2.17 bits per heavy atom. The van der Waals surface area contributed by atoms with Crippen LogP contribution in [0.15, 0.2) is 6.07 Å². The van der Waals surface area contributed by atoms with Crippen LogP contribution in [0.5, 0.6) is 0 Å². The third-order valence-corrected chi connectivity index (χ3v) is 1.93. The molecule has 0 N–H and O–H groups in total. The predicted molar refractivity (Wildman–Crippen MR) is 48.5 cm³/mol. The van der Waals surface area contributed by atoms with Gasteiger partial charge < -0.3 is 0 Å². The molecule has 12 heavy (non-hydrogen) atoms. The van der Waals surface area contributed by atoms with Crippen molar-refractivity contribution in [1.82, 2.24) is 4.98 Å². The number of rotatable bonds is 2. The fraction of sp³-hybridized carbons (Fsp3) is 0.400. The summed E-state index contributed by atoms with van der Waals surface area (Å²) in [5, 5.41) is 0. The molecule has 0 aliphatic rings. The minimum absolute atomic E-state index is 0.753. The van der Waals surface area contributed by atoms with Gasteiger partial charge >= 0.3 is 0 Å². The van der Waals surface area contributed by atoms with Crippen LogP contribution in [0.25, 0.3) is 0 Å². The Kier molecular flexibility index (Phi) is 2.58. The van der Waals surface area contributed by atoms with Crippen LogP contribution >= 0.6 is 0 Å². The molecule has 0 radical (unpaired) electrons. The zero-order valence-corrected chi connectivity index (χ0v) is 7.72. The number of hydrogen-bond donors (Lipinski definition) is 0. The van der Waals surface area contributed by atoms with E-state index < -0.39 is 0 Å².